The molecule has 3 aromatic rings. The lowest BCUT2D eigenvalue weighted by Gasteiger charge is -2.31. The van der Waals surface area contributed by atoms with E-state index in [0.717, 1.165) is 16.5 Å². The largest absolute Gasteiger partial charge is 0.312 e. The van der Waals surface area contributed by atoms with Crippen LogP contribution in [0, 0.1) is 5.41 Å². The highest BCUT2D eigenvalue weighted by molar-refractivity contribution is 6.25. The summed E-state index contributed by atoms with van der Waals surface area (Å²) in [7, 11) is 0. The second kappa shape index (κ2) is 7.99. The van der Waals surface area contributed by atoms with Crippen molar-refractivity contribution in [2.24, 2.45) is 5.41 Å². The van der Waals surface area contributed by atoms with Crippen molar-refractivity contribution in [2.75, 3.05) is 18.0 Å². The Hall–Kier alpha value is -3.47. The van der Waals surface area contributed by atoms with Crippen LogP contribution in [-0.2, 0) is 4.79 Å². The fourth-order valence-corrected chi connectivity index (χ4v) is 4.03. The molecule has 0 N–H and O–H groups in total. The maximum Gasteiger partial charge on any atom is 0.261 e. The Kier molecular flexibility index (Phi) is 5.36. The van der Waals surface area contributed by atoms with Crippen LogP contribution in [0.15, 0.2) is 66.7 Å². The van der Waals surface area contributed by atoms with E-state index in [9.17, 15) is 14.4 Å². The zero-order valence-electron chi connectivity index (χ0n) is 18.1. The maximum atomic E-state index is 13.1. The van der Waals surface area contributed by atoms with Gasteiger partial charge < -0.3 is 4.90 Å². The molecule has 0 unspecified atom stereocenters. The number of benzene rings is 3. The van der Waals surface area contributed by atoms with E-state index < -0.39 is 5.41 Å². The van der Waals surface area contributed by atoms with E-state index in [1.807, 2.05) is 75.4 Å². The normalized spacial score (nSPS) is 13.6. The summed E-state index contributed by atoms with van der Waals surface area (Å²) in [5, 5.41) is 1.62. The lowest BCUT2D eigenvalue weighted by Crippen LogP contribution is -2.44. The molecule has 0 aromatic heterocycles. The molecule has 5 nitrogen and oxygen atoms in total. The third kappa shape index (κ3) is 3.83. The van der Waals surface area contributed by atoms with Crippen molar-refractivity contribution < 1.29 is 14.4 Å². The SMILES string of the molecule is CC(C)(C)C(=O)N(CCCN1C(=O)c2cccc3cccc(c23)C1=O)c1ccccc1. The van der Waals surface area contributed by atoms with Gasteiger partial charge in [-0.05, 0) is 36.1 Å². The van der Waals surface area contributed by atoms with Gasteiger partial charge in [-0.15, -0.1) is 0 Å². The van der Waals surface area contributed by atoms with E-state index >= 15 is 0 Å². The molecule has 158 valence electrons. The number of nitrogens with zero attached hydrogens (tertiary/aromatic N) is 2. The van der Waals surface area contributed by atoms with Gasteiger partial charge >= 0.3 is 0 Å². The molecular formula is C26H26N2O3. The number of imide groups is 1. The van der Waals surface area contributed by atoms with Crippen LogP contribution in [0.2, 0.25) is 0 Å². The summed E-state index contributed by atoms with van der Waals surface area (Å²) in [4.78, 5) is 42.2. The third-order valence-electron chi connectivity index (χ3n) is 5.57. The summed E-state index contributed by atoms with van der Waals surface area (Å²) in [5.41, 5.74) is 1.38. The quantitative estimate of drug-likeness (QED) is 0.558. The number of rotatable bonds is 5. The molecule has 0 saturated heterocycles. The van der Waals surface area contributed by atoms with Gasteiger partial charge in [-0.25, -0.2) is 0 Å². The molecule has 5 heteroatoms. The van der Waals surface area contributed by atoms with Crippen LogP contribution in [0.3, 0.4) is 0 Å². The topological polar surface area (TPSA) is 57.7 Å². The Balaban J connectivity index is 1.55. The van der Waals surface area contributed by atoms with Crippen LogP contribution in [-0.4, -0.2) is 35.7 Å². The van der Waals surface area contributed by atoms with Crippen LogP contribution < -0.4 is 4.90 Å². The van der Waals surface area contributed by atoms with Gasteiger partial charge in [0, 0.05) is 40.7 Å². The van der Waals surface area contributed by atoms with Gasteiger partial charge in [0.25, 0.3) is 11.8 Å². The molecule has 1 aliphatic rings. The Labute approximate surface area is 182 Å². The molecule has 0 saturated carbocycles. The molecule has 31 heavy (non-hydrogen) atoms. The lowest BCUT2D eigenvalue weighted by molar-refractivity contribution is -0.125. The van der Waals surface area contributed by atoms with Crippen LogP contribution in [0.4, 0.5) is 5.69 Å². The summed E-state index contributed by atoms with van der Waals surface area (Å²) >= 11 is 0. The second-order valence-electron chi connectivity index (χ2n) is 8.87. The minimum atomic E-state index is -0.540. The molecule has 0 atom stereocenters. The highest BCUT2D eigenvalue weighted by atomic mass is 16.2. The van der Waals surface area contributed by atoms with E-state index in [4.69, 9.17) is 0 Å². The number of anilines is 1. The second-order valence-corrected chi connectivity index (χ2v) is 8.87. The fraction of sp³-hybridized carbons (Fsp3) is 0.269. The number of para-hydroxylation sites is 1. The molecule has 1 aliphatic heterocycles. The third-order valence-corrected chi connectivity index (χ3v) is 5.57. The lowest BCUT2D eigenvalue weighted by atomic mass is 9.93. The van der Waals surface area contributed by atoms with E-state index in [1.165, 1.54) is 4.90 Å². The Morgan fingerprint density at radius 1 is 0.839 bits per heavy atom. The predicted molar refractivity (Wildman–Crippen MR) is 122 cm³/mol. The monoisotopic (exact) mass is 414 g/mol. The van der Waals surface area contributed by atoms with Gasteiger partial charge in [0.15, 0.2) is 0 Å². The van der Waals surface area contributed by atoms with Crippen molar-refractivity contribution >= 4 is 34.2 Å². The summed E-state index contributed by atoms with van der Waals surface area (Å²) in [5.74, 6) is -0.546. The first-order valence-corrected chi connectivity index (χ1v) is 10.5. The van der Waals surface area contributed by atoms with Gasteiger partial charge in [0.1, 0.15) is 0 Å². The van der Waals surface area contributed by atoms with Gasteiger partial charge in [-0.3, -0.25) is 19.3 Å². The number of carbonyl (C=O) groups excluding carboxylic acids is 3. The van der Waals surface area contributed by atoms with E-state index in [2.05, 4.69) is 0 Å². The number of hydrogen-bond acceptors (Lipinski definition) is 3. The molecule has 0 fully saturated rings. The maximum absolute atomic E-state index is 13.1. The van der Waals surface area contributed by atoms with Crippen molar-refractivity contribution in [3.63, 3.8) is 0 Å². The van der Waals surface area contributed by atoms with Crippen LogP contribution in [0.25, 0.3) is 10.8 Å². The van der Waals surface area contributed by atoms with Crippen molar-refractivity contribution in [1.82, 2.24) is 4.90 Å². The average Bonchev–Trinajstić information content (AvgIpc) is 2.76. The summed E-state index contributed by atoms with van der Waals surface area (Å²) in [6.07, 6.45) is 0.492. The molecule has 3 aromatic carbocycles. The minimum Gasteiger partial charge on any atom is -0.312 e. The zero-order chi connectivity index (χ0) is 22.2. The summed E-state index contributed by atoms with van der Waals surface area (Å²) < 4.78 is 0. The first-order valence-electron chi connectivity index (χ1n) is 10.5. The smallest absolute Gasteiger partial charge is 0.261 e. The van der Waals surface area contributed by atoms with Crippen molar-refractivity contribution in [3.8, 4) is 0 Å². The van der Waals surface area contributed by atoms with Crippen LogP contribution in [0.1, 0.15) is 47.9 Å². The van der Waals surface area contributed by atoms with Gasteiger partial charge in [0.2, 0.25) is 5.91 Å². The summed E-state index contributed by atoms with van der Waals surface area (Å²) in [6.45, 7) is 6.34. The minimum absolute atomic E-state index is 0.00473. The van der Waals surface area contributed by atoms with Crippen LogP contribution >= 0.6 is 0 Å². The number of amides is 3. The molecule has 0 spiro atoms. The van der Waals surface area contributed by atoms with Crippen molar-refractivity contribution in [3.05, 3.63) is 77.9 Å². The Morgan fingerprint density at radius 3 is 1.97 bits per heavy atom. The molecule has 4 rings (SSSR count). The molecule has 1 heterocycles. The average molecular weight is 415 g/mol. The Bertz CT molecular complexity index is 1110. The zero-order valence-corrected chi connectivity index (χ0v) is 18.1. The highest BCUT2D eigenvalue weighted by Crippen LogP contribution is 2.30. The molecule has 0 radical (unpaired) electrons. The first kappa shape index (κ1) is 20.8. The van der Waals surface area contributed by atoms with Crippen molar-refractivity contribution in [1.29, 1.82) is 0 Å². The molecule has 3 amide bonds. The summed E-state index contributed by atoms with van der Waals surface area (Å²) in [6, 6.07) is 20.5. The number of carbonyl (C=O) groups is 3. The van der Waals surface area contributed by atoms with E-state index in [0.29, 0.717) is 24.1 Å². The molecule has 0 aliphatic carbocycles. The number of hydrogen-bond donors (Lipinski definition) is 0. The van der Waals surface area contributed by atoms with Crippen molar-refractivity contribution in [2.45, 2.75) is 27.2 Å². The van der Waals surface area contributed by atoms with Gasteiger partial charge in [-0.2, -0.15) is 0 Å². The fourth-order valence-electron chi connectivity index (χ4n) is 4.03. The van der Waals surface area contributed by atoms with Gasteiger partial charge in [-0.1, -0.05) is 63.2 Å². The van der Waals surface area contributed by atoms with E-state index in [1.54, 1.807) is 17.0 Å². The Morgan fingerprint density at radius 2 is 1.42 bits per heavy atom. The van der Waals surface area contributed by atoms with Gasteiger partial charge in [0.05, 0.1) is 0 Å². The predicted octanol–water partition coefficient (Wildman–Crippen LogP) is 4.91. The standard InChI is InChI=1S/C26H26N2O3/c1-26(2,3)25(31)27(19-12-5-4-6-13-19)16-9-17-28-23(29)20-14-7-10-18-11-8-15-21(22(18)20)24(28)30/h4-8,10-15H,9,16-17H2,1-3H3. The molecular weight excluding hydrogens is 388 g/mol. The first-order chi connectivity index (χ1) is 14.8. The van der Waals surface area contributed by atoms with E-state index in [-0.39, 0.29) is 24.3 Å². The highest BCUT2D eigenvalue weighted by Gasteiger charge is 2.33. The molecule has 0 bridgehead atoms. The van der Waals surface area contributed by atoms with Crippen LogP contribution in [0.5, 0.6) is 0 Å².